The van der Waals surface area contributed by atoms with E-state index in [1.807, 2.05) is 0 Å². The second kappa shape index (κ2) is 18.3. The zero-order valence-corrected chi connectivity index (χ0v) is 19.9. The van der Waals surface area contributed by atoms with Crippen molar-refractivity contribution in [2.24, 2.45) is 0 Å². The van der Waals surface area contributed by atoms with Crippen LogP contribution in [0.25, 0.3) is 0 Å². The lowest BCUT2D eigenvalue weighted by atomic mass is 10.1. The van der Waals surface area contributed by atoms with Crippen LogP contribution in [0.15, 0.2) is 42.5 Å². The van der Waals surface area contributed by atoms with Crippen LogP contribution >= 0.6 is 23.2 Å². The summed E-state index contributed by atoms with van der Waals surface area (Å²) >= 11 is 12.0. The molecule has 2 N–H and O–H groups in total. The Labute approximate surface area is 193 Å². The normalized spacial score (nSPS) is 11.4. The Morgan fingerprint density at radius 1 is 0.867 bits per heavy atom. The molecule has 0 unspecified atom stereocenters. The monoisotopic (exact) mass is 452 g/mol. The molecule has 0 spiro atoms. The second-order valence-electron chi connectivity index (χ2n) is 7.59. The average molecular weight is 453 g/mol. The molecule has 168 valence electrons. The number of nitrogens with one attached hydrogen (secondary N) is 2. The van der Waals surface area contributed by atoms with Crippen LogP contribution in [0.4, 0.5) is 10.5 Å². The molecule has 0 aromatic heterocycles. The number of unbranched alkanes of at least 4 members (excludes halogenated alkanes) is 9. The van der Waals surface area contributed by atoms with Crippen molar-refractivity contribution in [1.29, 1.82) is 0 Å². The quantitative estimate of drug-likeness (QED) is 0.190. The number of carbonyl (C=O) groups is 1. The van der Waals surface area contributed by atoms with E-state index in [1.54, 1.807) is 18.2 Å². The molecule has 0 aliphatic heterocycles. The van der Waals surface area contributed by atoms with Gasteiger partial charge in [0.05, 0.1) is 10.7 Å². The third-order valence-corrected chi connectivity index (χ3v) is 5.40. The van der Waals surface area contributed by atoms with Gasteiger partial charge in [-0.1, -0.05) is 93.0 Å². The first-order valence-corrected chi connectivity index (χ1v) is 12.2. The van der Waals surface area contributed by atoms with Crippen LogP contribution < -0.4 is 10.6 Å². The van der Waals surface area contributed by atoms with Gasteiger partial charge < -0.3 is 10.6 Å². The lowest BCUT2D eigenvalue weighted by Gasteiger charge is -2.09. The average Bonchev–Trinajstić information content (AvgIpc) is 2.73. The van der Waals surface area contributed by atoms with E-state index >= 15 is 0 Å². The van der Waals surface area contributed by atoms with Gasteiger partial charge in [0.25, 0.3) is 0 Å². The van der Waals surface area contributed by atoms with E-state index < -0.39 is 0 Å². The Hall–Kier alpha value is -1.45. The van der Waals surface area contributed by atoms with E-state index in [-0.39, 0.29) is 6.03 Å². The van der Waals surface area contributed by atoms with Crippen molar-refractivity contribution in [2.75, 3.05) is 11.9 Å². The maximum absolute atomic E-state index is 11.9. The zero-order chi connectivity index (χ0) is 21.9. The van der Waals surface area contributed by atoms with Gasteiger partial charge in [0.1, 0.15) is 0 Å². The molecule has 5 heteroatoms. The topological polar surface area (TPSA) is 41.1 Å². The predicted octanol–water partition coefficient (Wildman–Crippen LogP) is 8.93. The van der Waals surface area contributed by atoms with E-state index in [4.69, 9.17) is 23.2 Å². The van der Waals surface area contributed by atoms with Crippen LogP contribution in [0.2, 0.25) is 10.0 Å². The highest BCUT2D eigenvalue weighted by Gasteiger charge is 2.05. The van der Waals surface area contributed by atoms with Gasteiger partial charge in [-0.2, -0.15) is 0 Å². The third kappa shape index (κ3) is 14.5. The summed E-state index contributed by atoms with van der Waals surface area (Å²) in [7, 11) is 0. The molecule has 0 heterocycles. The van der Waals surface area contributed by atoms with Gasteiger partial charge in [-0.3, -0.25) is 0 Å². The van der Waals surface area contributed by atoms with Gasteiger partial charge in [0.2, 0.25) is 0 Å². The highest BCUT2D eigenvalue weighted by molar-refractivity contribution is 6.35. The minimum Gasteiger partial charge on any atom is -0.338 e. The molecule has 1 aromatic rings. The van der Waals surface area contributed by atoms with Gasteiger partial charge in [-0.15, -0.1) is 0 Å². The summed E-state index contributed by atoms with van der Waals surface area (Å²) in [6, 6.07) is 4.75. The number of anilines is 1. The molecule has 2 amide bonds. The summed E-state index contributed by atoms with van der Waals surface area (Å²) < 4.78 is 0. The van der Waals surface area contributed by atoms with Gasteiger partial charge in [0, 0.05) is 11.6 Å². The summed E-state index contributed by atoms with van der Waals surface area (Å²) in [5.74, 6) is 0. The van der Waals surface area contributed by atoms with Crippen molar-refractivity contribution in [3.63, 3.8) is 0 Å². The molecule has 1 rings (SSSR count). The van der Waals surface area contributed by atoms with Crippen molar-refractivity contribution >= 4 is 34.9 Å². The Kier molecular flexibility index (Phi) is 16.2. The molecule has 30 heavy (non-hydrogen) atoms. The Balaban J connectivity index is 1.91. The van der Waals surface area contributed by atoms with Crippen LogP contribution in [0.1, 0.15) is 84.0 Å². The van der Waals surface area contributed by atoms with Gasteiger partial charge in [-0.25, -0.2) is 4.79 Å². The molecule has 0 fully saturated rings. The molecule has 0 saturated carbocycles. The number of urea groups is 1. The first kappa shape index (κ1) is 26.6. The number of halogens is 2. The largest absolute Gasteiger partial charge is 0.338 e. The van der Waals surface area contributed by atoms with Crippen molar-refractivity contribution in [2.45, 2.75) is 84.0 Å². The molecule has 0 bridgehead atoms. The van der Waals surface area contributed by atoms with Crippen molar-refractivity contribution in [3.8, 4) is 0 Å². The first-order valence-electron chi connectivity index (χ1n) is 11.4. The fourth-order valence-corrected chi connectivity index (χ4v) is 3.41. The standard InChI is InChI=1S/C25H38Cl2N2O/c1-2-3-4-5-6-7-8-9-10-11-12-13-14-15-16-17-20-28-25(30)29-24-21-22(26)18-19-23(24)27/h6-7,9-10,18-19,21H,2-5,8,11-17,20H2,1H3,(H2,28,29,30). The fourth-order valence-electron chi connectivity index (χ4n) is 3.07. The van der Waals surface area contributed by atoms with Gasteiger partial charge in [0.15, 0.2) is 0 Å². The summed E-state index contributed by atoms with van der Waals surface area (Å²) in [6.07, 6.45) is 23.7. The highest BCUT2D eigenvalue weighted by atomic mass is 35.5. The molecule has 0 atom stereocenters. The predicted molar refractivity (Wildman–Crippen MR) is 133 cm³/mol. The molecule has 0 aliphatic rings. The summed E-state index contributed by atoms with van der Waals surface area (Å²) in [4.78, 5) is 11.9. The molecular formula is C25H38Cl2N2O. The van der Waals surface area contributed by atoms with Crippen molar-refractivity contribution in [3.05, 3.63) is 52.5 Å². The molecule has 3 nitrogen and oxygen atoms in total. The molecule has 0 saturated heterocycles. The summed E-state index contributed by atoms with van der Waals surface area (Å²) in [6.45, 7) is 2.91. The number of allylic oxidation sites excluding steroid dienone is 4. The first-order chi connectivity index (χ1) is 14.6. The van der Waals surface area contributed by atoms with Crippen LogP contribution in [-0.4, -0.2) is 12.6 Å². The Bertz CT molecular complexity index is 644. The molecule has 0 radical (unpaired) electrons. The summed E-state index contributed by atoms with van der Waals surface area (Å²) in [5, 5.41) is 6.61. The smallest absolute Gasteiger partial charge is 0.319 e. The van der Waals surface area contributed by atoms with E-state index in [0.29, 0.717) is 22.3 Å². The van der Waals surface area contributed by atoms with Crippen LogP contribution in [0.5, 0.6) is 0 Å². The van der Waals surface area contributed by atoms with Crippen LogP contribution in [0, 0.1) is 0 Å². The van der Waals surface area contributed by atoms with E-state index in [9.17, 15) is 4.79 Å². The number of amides is 2. The van der Waals surface area contributed by atoms with Crippen LogP contribution in [0.3, 0.4) is 0 Å². The second-order valence-corrected chi connectivity index (χ2v) is 8.43. The highest BCUT2D eigenvalue weighted by Crippen LogP contribution is 2.25. The minimum atomic E-state index is -0.248. The van der Waals surface area contributed by atoms with Gasteiger partial charge in [-0.05, 0) is 56.7 Å². The lowest BCUT2D eigenvalue weighted by molar-refractivity contribution is 0.252. The Morgan fingerprint density at radius 2 is 1.50 bits per heavy atom. The van der Waals surface area contributed by atoms with E-state index in [1.165, 1.54) is 57.8 Å². The molecule has 0 aliphatic carbocycles. The van der Waals surface area contributed by atoms with Crippen molar-refractivity contribution in [1.82, 2.24) is 5.32 Å². The SMILES string of the molecule is CCCCCC=CCC=CCCCCCCCCNC(=O)Nc1cc(Cl)ccc1Cl. The minimum absolute atomic E-state index is 0.248. The lowest BCUT2D eigenvalue weighted by Crippen LogP contribution is -2.29. The van der Waals surface area contributed by atoms with E-state index in [2.05, 4.69) is 41.9 Å². The van der Waals surface area contributed by atoms with E-state index in [0.717, 1.165) is 19.3 Å². The third-order valence-electron chi connectivity index (χ3n) is 4.84. The number of carbonyl (C=O) groups excluding carboxylic acids is 1. The number of benzene rings is 1. The Morgan fingerprint density at radius 3 is 2.20 bits per heavy atom. The summed E-state index contributed by atoms with van der Waals surface area (Å²) in [5.41, 5.74) is 0.527. The number of rotatable bonds is 16. The number of hydrogen-bond acceptors (Lipinski definition) is 1. The van der Waals surface area contributed by atoms with Gasteiger partial charge >= 0.3 is 6.03 Å². The number of hydrogen-bond donors (Lipinski definition) is 2. The maximum Gasteiger partial charge on any atom is 0.319 e. The maximum atomic E-state index is 11.9. The zero-order valence-electron chi connectivity index (χ0n) is 18.4. The van der Waals surface area contributed by atoms with Crippen molar-refractivity contribution < 1.29 is 4.79 Å². The fraction of sp³-hybridized carbons (Fsp3) is 0.560. The molecular weight excluding hydrogens is 415 g/mol. The van der Waals surface area contributed by atoms with Crippen LogP contribution in [-0.2, 0) is 0 Å². The molecule has 1 aromatic carbocycles.